The van der Waals surface area contributed by atoms with Crippen LogP contribution in [0.4, 0.5) is 0 Å². The van der Waals surface area contributed by atoms with Crippen LogP contribution >= 0.6 is 0 Å². The molecule has 0 aromatic heterocycles. The summed E-state index contributed by atoms with van der Waals surface area (Å²) in [6, 6.07) is 6.95. The molecule has 3 heterocycles. The molecule has 3 aliphatic heterocycles. The Morgan fingerprint density at radius 1 is 1.26 bits per heavy atom. The Bertz CT molecular complexity index is 643. The van der Waals surface area contributed by atoms with Gasteiger partial charge in [-0.05, 0) is 30.7 Å². The summed E-state index contributed by atoms with van der Waals surface area (Å²) in [6.45, 7) is 1.19. The molecule has 4 aliphatic rings. The second-order valence-corrected chi connectivity index (χ2v) is 6.62. The van der Waals surface area contributed by atoms with Crippen molar-refractivity contribution < 1.29 is 28.5 Å². The predicted octanol–water partition coefficient (Wildman–Crippen LogP) is 1.38. The minimum absolute atomic E-state index is 0.0496. The average Bonchev–Trinajstić information content (AvgIpc) is 3.10. The van der Waals surface area contributed by atoms with Crippen molar-refractivity contribution in [3.05, 3.63) is 29.8 Å². The summed E-state index contributed by atoms with van der Waals surface area (Å²) in [7, 11) is 1.60. The third-order valence-electron chi connectivity index (χ3n) is 5.59. The molecule has 1 aromatic rings. The van der Waals surface area contributed by atoms with E-state index in [1.165, 1.54) is 0 Å². The van der Waals surface area contributed by atoms with Gasteiger partial charge in [-0.1, -0.05) is 0 Å². The van der Waals surface area contributed by atoms with Crippen LogP contribution in [0.15, 0.2) is 24.3 Å². The molecule has 23 heavy (non-hydrogen) atoms. The van der Waals surface area contributed by atoms with Gasteiger partial charge in [0.2, 0.25) is 0 Å². The molecule has 0 amide bonds. The summed E-state index contributed by atoms with van der Waals surface area (Å²) in [5.41, 5.74) is 0.248. The maximum atomic E-state index is 12.5. The fraction of sp³-hybridized carbons (Fsp3) is 0.588. The lowest BCUT2D eigenvalue weighted by molar-refractivity contribution is -0.179. The zero-order chi connectivity index (χ0) is 15.6. The van der Waals surface area contributed by atoms with Crippen LogP contribution in [0.3, 0.4) is 0 Å². The topological polar surface area (TPSA) is 66.5 Å². The quantitative estimate of drug-likeness (QED) is 0.620. The van der Waals surface area contributed by atoms with Crippen LogP contribution < -0.4 is 4.74 Å². The SMILES string of the molecule is COc1ccc(C(=O)O[C@H]2[C@@H]3CCO[C@@H]4OC[C@]5(O[C@@H]25)[C@@H]43)cc1. The highest BCUT2D eigenvalue weighted by atomic mass is 16.7. The zero-order valence-corrected chi connectivity index (χ0v) is 12.8. The molecular weight excluding hydrogens is 300 g/mol. The van der Waals surface area contributed by atoms with E-state index < -0.39 is 0 Å². The van der Waals surface area contributed by atoms with Gasteiger partial charge in [-0.2, -0.15) is 0 Å². The smallest absolute Gasteiger partial charge is 0.338 e. The molecule has 0 bridgehead atoms. The maximum absolute atomic E-state index is 12.5. The first-order chi connectivity index (χ1) is 11.2. The monoisotopic (exact) mass is 318 g/mol. The molecule has 6 heteroatoms. The lowest BCUT2D eigenvalue weighted by atomic mass is 9.85. The Hall–Kier alpha value is -1.63. The number of rotatable bonds is 3. The number of epoxide rings is 1. The van der Waals surface area contributed by atoms with Crippen LogP contribution in [0, 0.1) is 11.8 Å². The second-order valence-electron chi connectivity index (χ2n) is 6.62. The van der Waals surface area contributed by atoms with Crippen molar-refractivity contribution in [2.24, 2.45) is 11.8 Å². The number of methoxy groups -OCH3 is 1. The number of ether oxygens (including phenoxy) is 5. The fourth-order valence-electron chi connectivity index (χ4n) is 4.45. The Balaban J connectivity index is 1.35. The number of esters is 1. The van der Waals surface area contributed by atoms with Crippen LogP contribution in [0.2, 0.25) is 0 Å². The van der Waals surface area contributed by atoms with E-state index in [4.69, 9.17) is 23.7 Å². The molecule has 3 saturated heterocycles. The van der Waals surface area contributed by atoms with E-state index in [-0.39, 0.29) is 41.9 Å². The molecule has 1 aliphatic carbocycles. The largest absolute Gasteiger partial charge is 0.497 e. The second kappa shape index (κ2) is 4.69. The van der Waals surface area contributed by atoms with E-state index in [0.29, 0.717) is 24.5 Å². The normalized spacial score (nSPS) is 42.7. The van der Waals surface area contributed by atoms with E-state index in [1.54, 1.807) is 31.4 Å². The van der Waals surface area contributed by atoms with Crippen LogP contribution in [-0.2, 0) is 18.9 Å². The first-order valence-corrected chi connectivity index (χ1v) is 7.99. The van der Waals surface area contributed by atoms with Gasteiger partial charge in [0.15, 0.2) is 6.29 Å². The van der Waals surface area contributed by atoms with E-state index in [1.807, 2.05) is 0 Å². The van der Waals surface area contributed by atoms with Crippen LogP contribution in [-0.4, -0.2) is 50.4 Å². The highest BCUT2D eigenvalue weighted by Gasteiger charge is 2.80. The van der Waals surface area contributed by atoms with Crippen molar-refractivity contribution in [2.45, 2.75) is 30.5 Å². The Morgan fingerprint density at radius 2 is 2.09 bits per heavy atom. The minimum Gasteiger partial charge on any atom is -0.497 e. The van der Waals surface area contributed by atoms with Gasteiger partial charge < -0.3 is 23.7 Å². The van der Waals surface area contributed by atoms with Crippen molar-refractivity contribution in [1.82, 2.24) is 0 Å². The number of hydrogen-bond acceptors (Lipinski definition) is 6. The van der Waals surface area contributed by atoms with Crippen molar-refractivity contribution in [3.8, 4) is 5.75 Å². The summed E-state index contributed by atoms with van der Waals surface area (Å²) in [6.07, 6.45) is 0.423. The lowest BCUT2D eigenvalue weighted by Gasteiger charge is -2.34. The van der Waals surface area contributed by atoms with Crippen LogP contribution in [0.25, 0.3) is 0 Å². The summed E-state index contributed by atoms with van der Waals surface area (Å²) in [5.74, 6) is 0.852. The Morgan fingerprint density at radius 3 is 2.87 bits per heavy atom. The van der Waals surface area contributed by atoms with Crippen LogP contribution in [0.1, 0.15) is 16.8 Å². The fourth-order valence-corrected chi connectivity index (χ4v) is 4.45. The molecule has 6 nitrogen and oxygen atoms in total. The van der Waals surface area contributed by atoms with E-state index >= 15 is 0 Å². The summed E-state index contributed by atoms with van der Waals surface area (Å²) in [4.78, 5) is 12.5. The summed E-state index contributed by atoms with van der Waals surface area (Å²) >= 11 is 0. The standard InChI is InChI=1S/C17H18O6/c1-19-10-4-2-9(3-5-10)15(18)22-13-11-6-7-20-16-12(11)17(8-21-16)14(13)23-17/h2-5,11-14,16H,6-8H2,1H3/t11-,12-,13+,14+,16-,17+/m1/s1. The lowest BCUT2D eigenvalue weighted by Crippen LogP contribution is -2.41. The highest BCUT2D eigenvalue weighted by molar-refractivity contribution is 5.89. The molecule has 0 N–H and O–H groups in total. The number of benzene rings is 1. The van der Waals surface area contributed by atoms with Gasteiger partial charge >= 0.3 is 5.97 Å². The van der Waals surface area contributed by atoms with Gasteiger partial charge in [-0.25, -0.2) is 4.79 Å². The Kier molecular flexibility index (Phi) is 2.81. The molecule has 6 atom stereocenters. The van der Waals surface area contributed by atoms with Gasteiger partial charge in [0.25, 0.3) is 0 Å². The van der Waals surface area contributed by atoms with Gasteiger partial charge in [0, 0.05) is 5.92 Å². The summed E-state index contributed by atoms with van der Waals surface area (Å²) < 4.78 is 28.2. The van der Waals surface area contributed by atoms with Crippen molar-refractivity contribution in [1.29, 1.82) is 0 Å². The van der Waals surface area contributed by atoms with E-state index in [2.05, 4.69) is 0 Å². The summed E-state index contributed by atoms with van der Waals surface area (Å²) in [5, 5.41) is 0. The first-order valence-electron chi connectivity index (χ1n) is 7.99. The van der Waals surface area contributed by atoms with E-state index in [0.717, 1.165) is 6.42 Å². The number of carbonyl (C=O) groups is 1. The Labute approximate surface area is 133 Å². The molecule has 122 valence electrons. The number of hydrogen-bond donors (Lipinski definition) is 0. The molecule has 1 spiro atoms. The molecule has 1 aromatic carbocycles. The molecule has 4 fully saturated rings. The third-order valence-corrected chi connectivity index (χ3v) is 5.59. The molecule has 0 radical (unpaired) electrons. The zero-order valence-electron chi connectivity index (χ0n) is 12.8. The van der Waals surface area contributed by atoms with Gasteiger partial charge in [0.05, 0.1) is 31.8 Å². The number of carbonyl (C=O) groups excluding carboxylic acids is 1. The van der Waals surface area contributed by atoms with Crippen molar-refractivity contribution in [3.63, 3.8) is 0 Å². The predicted molar refractivity (Wildman–Crippen MR) is 77.1 cm³/mol. The molecule has 0 unspecified atom stereocenters. The molecule has 1 saturated carbocycles. The van der Waals surface area contributed by atoms with Crippen molar-refractivity contribution in [2.75, 3.05) is 20.3 Å². The maximum Gasteiger partial charge on any atom is 0.338 e. The first kappa shape index (κ1) is 13.8. The minimum atomic E-state index is -0.313. The van der Waals surface area contributed by atoms with Gasteiger partial charge in [0.1, 0.15) is 23.6 Å². The average molecular weight is 318 g/mol. The van der Waals surface area contributed by atoms with E-state index in [9.17, 15) is 4.79 Å². The third kappa shape index (κ3) is 1.83. The van der Waals surface area contributed by atoms with Gasteiger partial charge in [-0.15, -0.1) is 0 Å². The highest BCUT2D eigenvalue weighted by Crippen LogP contribution is 2.64. The van der Waals surface area contributed by atoms with Crippen molar-refractivity contribution >= 4 is 5.97 Å². The van der Waals surface area contributed by atoms with Crippen LogP contribution in [0.5, 0.6) is 5.75 Å². The molecule has 5 rings (SSSR count). The van der Waals surface area contributed by atoms with Gasteiger partial charge in [-0.3, -0.25) is 0 Å². The molecular formula is C17H18O6.